The number of rotatable bonds is 2. The maximum absolute atomic E-state index is 12.5. The van der Waals surface area contributed by atoms with Crippen molar-refractivity contribution in [2.75, 3.05) is 24.7 Å². The second-order valence-corrected chi connectivity index (χ2v) is 7.85. The van der Waals surface area contributed by atoms with Crippen LogP contribution in [0.4, 0.5) is 5.69 Å². The molecule has 4 rings (SSSR count). The highest BCUT2D eigenvalue weighted by Gasteiger charge is 2.45. The van der Waals surface area contributed by atoms with Crippen LogP contribution in [-0.4, -0.2) is 28.7 Å². The van der Waals surface area contributed by atoms with Crippen LogP contribution in [-0.2, 0) is 10.3 Å². The molecule has 1 saturated heterocycles. The minimum Gasteiger partial charge on any atom is -0.335 e. The summed E-state index contributed by atoms with van der Waals surface area (Å²) in [5.74, 6) is -0.297. The molecule has 0 N–H and O–H groups in total. The van der Waals surface area contributed by atoms with Crippen molar-refractivity contribution in [2.45, 2.75) is 18.3 Å². The van der Waals surface area contributed by atoms with Crippen molar-refractivity contribution >= 4 is 34.5 Å². The van der Waals surface area contributed by atoms with Crippen molar-refractivity contribution in [3.8, 4) is 0 Å². The van der Waals surface area contributed by atoms with E-state index in [1.165, 1.54) is 5.56 Å². The zero-order valence-corrected chi connectivity index (χ0v) is 15.5. The van der Waals surface area contributed by atoms with Crippen LogP contribution < -0.4 is 5.06 Å². The Morgan fingerprint density at radius 2 is 1.67 bits per heavy atom. The lowest BCUT2D eigenvalue weighted by Crippen LogP contribution is -2.42. The predicted octanol–water partition coefficient (Wildman–Crippen LogP) is 3.96. The Labute approximate surface area is 155 Å². The number of anilines is 1. The van der Waals surface area contributed by atoms with Gasteiger partial charge in [-0.3, -0.25) is 0 Å². The van der Waals surface area contributed by atoms with Gasteiger partial charge in [0.2, 0.25) is 0 Å². The molecule has 0 saturated carbocycles. The first-order valence-corrected chi connectivity index (χ1v) is 9.20. The van der Waals surface area contributed by atoms with Gasteiger partial charge in [-0.25, -0.2) is 13.0 Å². The topological polar surface area (TPSA) is 32.8 Å². The highest BCUT2D eigenvalue weighted by Crippen LogP contribution is 2.47. The number of fused-ring (bicyclic) bond motifs is 2. The van der Waals surface area contributed by atoms with E-state index in [1.807, 2.05) is 24.3 Å². The molecule has 2 aromatic carbocycles. The number of halogens is 1. The summed E-state index contributed by atoms with van der Waals surface area (Å²) in [7, 11) is 0. The first-order chi connectivity index (χ1) is 11.7. The molecule has 2 aliphatic heterocycles. The molecule has 24 heavy (non-hydrogen) atoms. The number of hydrogen-bond acceptors (Lipinski definition) is 4. The zero-order chi connectivity index (χ0) is 16.6. The molecule has 124 valence electrons. The number of carbonyl (C=O) groups excluding carboxylic acids is 1. The van der Waals surface area contributed by atoms with E-state index in [-0.39, 0.29) is 11.4 Å². The van der Waals surface area contributed by atoms with Crippen LogP contribution in [0.3, 0.4) is 0 Å². The van der Waals surface area contributed by atoms with Crippen LogP contribution in [0.2, 0.25) is 0 Å². The standard InChI is InChI=1S/C19H19IN2O2/c20-21-12-10-19(11-13-21)14-22(17-9-5-4-8-16(17)19)24-18(23)15-6-2-1-3-7-15/h1-9H,10-14H2. The summed E-state index contributed by atoms with van der Waals surface area (Å²) in [4.78, 5) is 18.2. The Hall–Kier alpha value is -1.60. The summed E-state index contributed by atoms with van der Waals surface area (Å²) in [5.41, 5.74) is 3.02. The third-order valence-electron chi connectivity index (χ3n) is 5.06. The quantitative estimate of drug-likeness (QED) is 0.529. The third kappa shape index (κ3) is 2.80. The van der Waals surface area contributed by atoms with Crippen molar-refractivity contribution in [1.29, 1.82) is 0 Å². The molecule has 1 fully saturated rings. The van der Waals surface area contributed by atoms with E-state index >= 15 is 0 Å². The highest BCUT2D eigenvalue weighted by molar-refractivity contribution is 14.1. The predicted molar refractivity (Wildman–Crippen MR) is 102 cm³/mol. The van der Waals surface area contributed by atoms with E-state index in [0.29, 0.717) is 5.56 Å². The van der Waals surface area contributed by atoms with E-state index in [0.717, 1.165) is 38.2 Å². The van der Waals surface area contributed by atoms with Gasteiger partial charge in [-0.15, -0.1) is 0 Å². The Morgan fingerprint density at radius 3 is 2.42 bits per heavy atom. The summed E-state index contributed by atoms with van der Waals surface area (Å²) >= 11 is 2.39. The smallest absolute Gasteiger partial charge is 0.335 e. The van der Waals surface area contributed by atoms with Gasteiger partial charge < -0.3 is 4.84 Å². The second kappa shape index (κ2) is 6.37. The largest absolute Gasteiger partial charge is 0.363 e. The molecule has 0 aromatic heterocycles. The lowest BCUT2D eigenvalue weighted by Gasteiger charge is -2.37. The highest BCUT2D eigenvalue weighted by atomic mass is 127. The van der Waals surface area contributed by atoms with Crippen molar-refractivity contribution in [3.05, 3.63) is 65.7 Å². The summed E-state index contributed by atoms with van der Waals surface area (Å²) in [5, 5.41) is 1.80. The molecule has 5 heteroatoms. The second-order valence-electron chi connectivity index (χ2n) is 6.49. The summed E-state index contributed by atoms with van der Waals surface area (Å²) in [6.07, 6.45) is 2.18. The lowest BCUT2D eigenvalue weighted by atomic mass is 9.75. The minimum atomic E-state index is -0.297. The van der Waals surface area contributed by atoms with Gasteiger partial charge in [0.25, 0.3) is 0 Å². The molecule has 4 nitrogen and oxygen atoms in total. The normalized spacial score (nSPS) is 19.3. The molecule has 0 unspecified atom stereocenters. The molecule has 0 radical (unpaired) electrons. The fourth-order valence-electron chi connectivity index (χ4n) is 3.73. The van der Waals surface area contributed by atoms with Gasteiger partial charge in [-0.1, -0.05) is 36.4 Å². The third-order valence-corrected chi connectivity index (χ3v) is 6.02. The van der Waals surface area contributed by atoms with Gasteiger partial charge in [0.1, 0.15) is 0 Å². The Kier molecular flexibility index (Phi) is 4.22. The van der Waals surface area contributed by atoms with E-state index in [9.17, 15) is 4.79 Å². The van der Waals surface area contributed by atoms with Gasteiger partial charge in [-0.2, -0.15) is 0 Å². The lowest BCUT2D eigenvalue weighted by molar-refractivity contribution is 0.0436. The van der Waals surface area contributed by atoms with Crippen LogP contribution in [0.15, 0.2) is 54.6 Å². The molecular formula is C19H19IN2O2. The number of hydrogen-bond donors (Lipinski definition) is 0. The molecule has 0 aliphatic carbocycles. The number of benzene rings is 2. The van der Waals surface area contributed by atoms with E-state index in [2.05, 4.69) is 44.2 Å². The molecule has 1 spiro atoms. The van der Waals surface area contributed by atoms with Gasteiger partial charge >= 0.3 is 5.97 Å². The number of piperidine rings is 1. The SMILES string of the molecule is O=C(ON1CC2(CCN(I)CC2)c2ccccc21)c1ccccc1. The maximum atomic E-state index is 12.5. The average Bonchev–Trinajstić information content (AvgIpc) is 2.92. The maximum Gasteiger partial charge on any atom is 0.363 e. The van der Waals surface area contributed by atoms with Crippen LogP contribution in [0, 0.1) is 0 Å². The molecule has 2 heterocycles. The number of nitrogens with zero attached hydrogens (tertiary/aromatic N) is 2. The Bertz CT molecular complexity index is 742. The molecule has 0 amide bonds. The number of hydroxylamine groups is 1. The summed E-state index contributed by atoms with van der Waals surface area (Å²) in [6.45, 7) is 2.88. The van der Waals surface area contributed by atoms with Crippen molar-refractivity contribution in [3.63, 3.8) is 0 Å². The number of carbonyl (C=O) groups is 1. The van der Waals surface area contributed by atoms with E-state index < -0.39 is 0 Å². The molecule has 2 aromatic rings. The van der Waals surface area contributed by atoms with Crippen LogP contribution in [0.1, 0.15) is 28.8 Å². The van der Waals surface area contributed by atoms with Gasteiger partial charge in [0.05, 0.1) is 17.8 Å². The molecule has 2 aliphatic rings. The first-order valence-electron chi connectivity index (χ1n) is 8.23. The summed E-state index contributed by atoms with van der Waals surface area (Å²) < 4.78 is 2.34. The molecule has 0 atom stereocenters. The fraction of sp³-hybridized carbons (Fsp3) is 0.316. The molecule has 0 bridgehead atoms. The van der Waals surface area contributed by atoms with Crippen LogP contribution >= 0.6 is 22.9 Å². The zero-order valence-electron chi connectivity index (χ0n) is 13.3. The van der Waals surface area contributed by atoms with Crippen LogP contribution in [0.25, 0.3) is 0 Å². The van der Waals surface area contributed by atoms with Crippen molar-refractivity contribution in [2.24, 2.45) is 0 Å². The van der Waals surface area contributed by atoms with E-state index in [4.69, 9.17) is 4.84 Å². The monoisotopic (exact) mass is 434 g/mol. The van der Waals surface area contributed by atoms with Gasteiger partial charge in [0.15, 0.2) is 0 Å². The molecular weight excluding hydrogens is 415 g/mol. The fourth-order valence-corrected chi connectivity index (χ4v) is 4.21. The first kappa shape index (κ1) is 15.9. The van der Waals surface area contributed by atoms with Gasteiger partial charge in [-0.05, 0) is 36.6 Å². The van der Waals surface area contributed by atoms with Crippen molar-refractivity contribution in [1.82, 2.24) is 3.11 Å². The Morgan fingerprint density at radius 1 is 1.00 bits per heavy atom. The number of para-hydroxylation sites is 1. The van der Waals surface area contributed by atoms with E-state index in [1.54, 1.807) is 17.2 Å². The average molecular weight is 434 g/mol. The minimum absolute atomic E-state index is 0.0925. The van der Waals surface area contributed by atoms with Crippen LogP contribution in [0.5, 0.6) is 0 Å². The summed E-state index contributed by atoms with van der Waals surface area (Å²) in [6, 6.07) is 17.5. The van der Waals surface area contributed by atoms with Crippen molar-refractivity contribution < 1.29 is 9.63 Å². The van der Waals surface area contributed by atoms with Gasteiger partial charge in [0, 0.05) is 41.4 Å². The Balaban J connectivity index is 1.60.